The number of carbonyl (C=O) groups excluding carboxylic acids is 1. The Morgan fingerprint density at radius 2 is 2.21 bits per heavy atom. The molecule has 19 heavy (non-hydrogen) atoms. The normalized spacial score (nSPS) is 18.2. The van der Waals surface area contributed by atoms with Crippen LogP contribution in [-0.4, -0.2) is 35.0 Å². The van der Waals surface area contributed by atoms with Crippen molar-refractivity contribution in [1.82, 2.24) is 10.6 Å². The van der Waals surface area contributed by atoms with Crippen molar-refractivity contribution in [3.8, 4) is 0 Å². The van der Waals surface area contributed by atoms with E-state index >= 15 is 0 Å². The molecule has 1 aliphatic heterocycles. The largest absolute Gasteiger partial charge is 0.354 e. The number of nitro benzene ring substituents is 1. The van der Waals surface area contributed by atoms with Crippen LogP contribution in [0.4, 0.5) is 5.69 Å². The monoisotopic (exact) mass is 281 g/mol. The Bertz CT molecular complexity index is 458. The maximum atomic E-state index is 11.7. The third kappa shape index (κ3) is 3.93. The van der Waals surface area contributed by atoms with Crippen molar-refractivity contribution in [2.24, 2.45) is 0 Å². The molecule has 1 aliphatic rings. The van der Waals surface area contributed by atoms with E-state index in [4.69, 9.17) is 0 Å². The number of nitrogens with zero attached hydrogens (tertiary/aromatic N) is 1. The lowest BCUT2D eigenvalue weighted by molar-refractivity contribution is -0.384. The summed E-state index contributed by atoms with van der Waals surface area (Å²) in [5, 5.41) is 16.5. The molecule has 2 rings (SSSR count). The number of nitrogens with one attached hydrogen (secondary N) is 2. The summed E-state index contributed by atoms with van der Waals surface area (Å²) in [6, 6.07) is 6.29. The maximum absolute atomic E-state index is 11.7. The van der Waals surface area contributed by atoms with Gasteiger partial charge in [0, 0.05) is 30.3 Å². The highest BCUT2D eigenvalue weighted by atomic mass is 32.2. The minimum absolute atomic E-state index is 0.0203. The number of nitro groups is 1. The Balaban J connectivity index is 1.75. The average molecular weight is 281 g/mol. The van der Waals surface area contributed by atoms with E-state index in [0.717, 1.165) is 17.2 Å². The molecular weight excluding hydrogens is 266 g/mol. The van der Waals surface area contributed by atoms with Crippen molar-refractivity contribution in [3.63, 3.8) is 0 Å². The molecule has 1 amide bonds. The fraction of sp³-hybridized carbons (Fsp3) is 0.417. The van der Waals surface area contributed by atoms with Crippen molar-refractivity contribution in [2.45, 2.75) is 12.5 Å². The molecule has 7 heteroatoms. The summed E-state index contributed by atoms with van der Waals surface area (Å²) in [4.78, 5) is 21.8. The second-order valence-electron chi connectivity index (χ2n) is 4.24. The van der Waals surface area contributed by atoms with Crippen LogP contribution in [0.15, 0.2) is 24.3 Å². The molecule has 6 nitrogen and oxygen atoms in total. The van der Waals surface area contributed by atoms with Crippen molar-refractivity contribution in [3.05, 3.63) is 39.9 Å². The summed E-state index contributed by atoms with van der Waals surface area (Å²) >= 11 is 1.71. The lowest BCUT2D eigenvalue weighted by Crippen LogP contribution is -2.42. The first kappa shape index (κ1) is 13.8. The fourth-order valence-electron chi connectivity index (χ4n) is 1.80. The second-order valence-corrected chi connectivity index (χ2v) is 5.27. The van der Waals surface area contributed by atoms with Crippen LogP contribution in [0.3, 0.4) is 0 Å². The molecule has 0 bridgehead atoms. The van der Waals surface area contributed by atoms with Gasteiger partial charge in [-0.05, 0) is 12.0 Å². The molecule has 0 aliphatic carbocycles. The van der Waals surface area contributed by atoms with E-state index in [2.05, 4.69) is 10.6 Å². The van der Waals surface area contributed by atoms with Crippen LogP contribution >= 0.6 is 11.8 Å². The van der Waals surface area contributed by atoms with E-state index in [1.54, 1.807) is 23.9 Å². The zero-order valence-electron chi connectivity index (χ0n) is 10.3. The standard InChI is InChI=1S/C12H15N3O3S/c16-12(11-7-19-8-14-11)13-6-5-9-1-3-10(4-2-9)15(17)18/h1-4,11,14H,5-8H2,(H,13,16). The Kier molecular flexibility index (Phi) is 4.75. The van der Waals surface area contributed by atoms with Gasteiger partial charge in [-0.1, -0.05) is 12.1 Å². The van der Waals surface area contributed by atoms with Crippen LogP contribution in [0.5, 0.6) is 0 Å². The molecule has 0 spiro atoms. The van der Waals surface area contributed by atoms with Gasteiger partial charge in [0.2, 0.25) is 5.91 Å². The molecule has 0 radical (unpaired) electrons. The highest BCUT2D eigenvalue weighted by Gasteiger charge is 2.21. The average Bonchev–Trinajstić information content (AvgIpc) is 2.93. The third-order valence-corrected chi connectivity index (χ3v) is 3.83. The number of hydrogen-bond acceptors (Lipinski definition) is 5. The highest BCUT2D eigenvalue weighted by molar-refractivity contribution is 7.99. The van der Waals surface area contributed by atoms with Gasteiger partial charge in [-0.2, -0.15) is 0 Å². The molecular formula is C12H15N3O3S. The van der Waals surface area contributed by atoms with Crippen molar-refractivity contribution in [1.29, 1.82) is 0 Å². The lowest BCUT2D eigenvalue weighted by Gasteiger charge is -2.10. The van der Waals surface area contributed by atoms with Gasteiger partial charge in [0.15, 0.2) is 0 Å². The molecule has 0 aromatic heterocycles. The van der Waals surface area contributed by atoms with E-state index < -0.39 is 4.92 Å². The molecule has 1 aromatic carbocycles. The fourth-order valence-corrected chi connectivity index (χ4v) is 2.74. The zero-order valence-corrected chi connectivity index (χ0v) is 11.1. The molecule has 1 atom stereocenters. The Hall–Kier alpha value is -1.60. The van der Waals surface area contributed by atoms with E-state index in [-0.39, 0.29) is 17.6 Å². The van der Waals surface area contributed by atoms with Gasteiger partial charge < -0.3 is 5.32 Å². The summed E-state index contributed by atoms with van der Waals surface area (Å²) < 4.78 is 0. The molecule has 1 fully saturated rings. The van der Waals surface area contributed by atoms with Crippen LogP contribution in [0.25, 0.3) is 0 Å². The van der Waals surface area contributed by atoms with Crippen LogP contribution < -0.4 is 10.6 Å². The smallest absolute Gasteiger partial charge is 0.269 e. The van der Waals surface area contributed by atoms with E-state index in [9.17, 15) is 14.9 Å². The van der Waals surface area contributed by atoms with Gasteiger partial charge in [-0.15, -0.1) is 11.8 Å². The Labute approximate surface area is 115 Å². The van der Waals surface area contributed by atoms with Crippen LogP contribution in [0.2, 0.25) is 0 Å². The third-order valence-electron chi connectivity index (χ3n) is 2.89. The van der Waals surface area contributed by atoms with Crippen LogP contribution in [-0.2, 0) is 11.2 Å². The number of amides is 1. The minimum Gasteiger partial charge on any atom is -0.354 e. The molecule has 102 valence electrons. The number of non-ortho nitro benzene ring substituents is 1. The van der Waals surface area contributed by atoms with Gasteiger partial charge in [0.1, 0.15) is 0 Å². The second kappa shape index (κ2) is 6.53. The number of hydrogen-bond donors (Lipinski definition) is 2. The van der Waals surface area contributed by atoms with Crippen molar-refractivity contribution < 1.29 is 9.72 Å². The van der Waals surface area contributed by atoms with Gasteiger partial charge in [-0.25, -0.2) is 0 Å². The molecule has 1 heterocycles. The summed E-state index contributed by atoms with van der Waals surface area (Å²) in [5.41, 5.74) is 1.06. The van der Waals surface area contributed by atoms with Crippen LogP contribution in [0, 0.1) is 10.1 Å². The Morgan fingerprint density at radius 1 is 1.47 bits per heavy atom. The quantitative estimate of drug-likeness (QED) is 0.619. The number of benzene rings is 1. The Morgan fingerprint density at radius 3 is 2.79 bits per heavy atom. The molecule has 1 aromatic rings. The van der Waals surface area contributed by atoms with Gasteiger partial charge in [-0.3, -0.25) is 20.2 Å². The molecule has 0 saturated carbocycles. The summed E-state index contributed by atoms with van der Waals surface area (Å²) in [7, 11) is 0. The van der Waals surface area contributed by atoms with Crippen LogP contribution in [0.1, 0.15) is 5.56 Å². The lowest BCUT2D eigenvalue weighted by atomic mass is 10.1. The summed E-state index contributed by atoms with van der Waals surface area (Å²) in [6.45, 7) is 0.541. The topological polar surface area (TPSA) is 84.3 Å². The predicted octanol–water partition coefficient (Wildman–Crippen LogP) is 0.916. The highest BCUT2D eigenvalue weighted by Crippen LogP contribution is 2.12. The molecule has 2 N–H and O–H groups in total. The maximum Gasteiger partial charge on any atom is 0.269 e. The van der Waals surface area contributed by atoms with Gasteiger partial charge in [0.25, 0.3) is 5.69 Å². The van der Waals surface area contributed by atoms with Gasteiger partial charge in [0.05, 0.1) is 11.0 Å². The molecule has 1 unspecified atom stereocenters. The number of thioether (sulfide) groups is 1. The van der Waals surface area contributed by atoms with E-state index in [1.807, 2.05) is 0 Å². The zero-order chi connectivity index (χ0) is 13.7. The minimum atomic E-state index is -0.422. The van der Waals surface area contributed by atoms with Crippen molar-refractivity contribution in [2.75, 3.05) is 18.2 Å². The summed E-state index contributed by atoms with van der Waals surface area (Å²) in [6.07, 6.45) is 0.670. The number of carbonyl (C=O) groups is 1. The molecule has 1 saturated heterocycles. The summed E-state index contributed by atoms with van der Waals surface area (Å²) in [5.74, 6) is 1.65. The van der Waals surface area contributed by atoms with Crippen molar-refractivity contribution >= 4 is 23.4 Å². The van der Waals surface area contributed by atoms with Gasteiger partial charge >= 0.3 is 0 Å². The first-order chi connectivity index (χ1) is 9.16. The van der Waals surface area contributed by atoms with E-state index in [1.165, 1.54) is 12.1 Å². The first-order valence-corrected chi connectivity index (χ1v) is 7.14. The SMILES string of the molecule is O=C(NCCc1ccc([N+](=O)[O-])cc1)C1CSCN1. The van der Waals surface area contributed by atoms with E-state index in [0.29, 0.717) is 13.0 Å². The predicted molar refractivity (Wildman–Crippen MR) is 74.1 cm³/mol. The first-order valence-electron chi connectivity index (χ1n) is 5.99. The number of rotatable bonds is 5.